The van der Waals surface area contributed by atoms with Crippen LogP contribution >= 0.6 is 20.0 Å². The van der Waals surface area contributed by atoms with Crippen LogP contribution in [0.15, 0.2) is 11.4 Å². The van der Waals surface area contributed by atoms with E-state index >= 15 is 0 Å². The van der Waals surface area contributed by atoms with Gasteiger partial charge in [-0.15, -0.1) is 12.4 Å². The molecule has 0 saturated carbocycles. The van der Waals surface area contributed by atoms with Gasteiger partial charge >= 0.3 is 59.1 Å². The van der Waals surface area contributed by atoms with Crippen LogP contribution in [0.4, 0.5) is 0 Å². The molecule has 0 heterocycles. The van der Waals surface area contributed by atoms with Gasteiger partial charge in [0.15, 0.2) is 0 Å². The van der Waals surface area contributed by atoms with Crippen molar-refractivity contribution >= 4 is 25.9 Å². The Morgan fingerprint density at radius 3 is 2.19 bits per heavy atom. The maximum absolute atomic E-state index is 11.6. The van der Waals surface area contributed by atoms with E-state index in [2.05, 4.69) is 24.1 Å². The van der Waals surface area contributed by atoms with Crippen LogP contribution in [0, 0.1) is 11.8 Å². The molecule has 0 unspecified atom stereocenters. The summed E-state index contributed by atoms with van der Waals surface area (Å²) in [5, 5.41) is 3.06. The van der Waals surface area contributed by atoms with Gasteiger partial charge in [0.25, 0.3) is 0 Å². The predicted octanol–water partition coefficient (Wildman–Crippen LogP) is -4.11. The summed E-state index contributed by atoms with van der Waals surface area (Å²) in [6, 6.07) is -0.0737. The Kier molecular flexibility index (Phi) is 19.0. The smallest absolute Gasteiger partial charge is 0.808 e. The Balaban J connectivity index is -0.00000192. The van der Waals surface area contributed by atoms with Crippen molar-refractivity contribution < 1.29 is 78.3 Å². The van der Waals surface area contributed by atoms with Gasteiger partial charge in [0.2, 0.25) is 5.91 Å². The monoisotopic (exact) mass is 440 g/mol. The quantitative estimate of drug-likeness (QED) is 0.306. The van der Waals surface area contributed by atoms with Crippen molar-refractivity contribution in [1.82, 2.24) is 10.2 Å². The average molecular weight is 441 g/mol. The number of halogens is 1. The molecule has 0 aromatic heterocycles. The van der Waals surface area contributed by atoms with Crippen LogP contribution in [-0.4, -0.2) is 36.0 Å². The summed E-state index contributed by atoms with van der Waals surface area (Å²) in [4.78, 5) is 36.8. The van der Waals surface area contributed by atoms with Gasteiger partial charge < -0.3 is 24.6 Å². The second-order valence-electron chi connectivity index (χ2n) is 7.02. The number of nitrogens with one attached hydrogen (secondary N) is 1. The molecule has 1 aliphatic carbocycles. The molecule has 0 aliphatic heterocycles. The first-order valence-corrected chi connectivity index (χ1v) is 10.4. The van der Waals surface area contributed by atoms with Crippen molar-refractivity contribution in [2.75, 3.05) is 13.1 Å². The van der Waals surface area contributed by atoms with E-state index in [4.69, 9.17) is 0 Å². The Hall–Kier alpha value is 1.61. The molecule has 0 bridgehead atoms. The fourth-order valence-corrected chi connectivity index (χ4v) is 4.48. The van der Waals surface area contributed by atoms with Crippen molar-refractivity contribution in [3.05, 3.63) is 11.4 Å². The molecule has 1 N–H and O–H groups in total. The zero-order valence-corrected chi connectivity index (χ0v) is 23.6. The number of carbonyl (C=O) groups is 1. The molecule has 0 aromatic carbocycles. The van der Waals surface area contributed by atoms with Crippen molar-refractivity contribution in [2.24, 2.45) is 11.8 Å². The summed E-state index contributed by atoms with van der Waals surface area (Å²) >= 11 is 0. The topological polar surface area (TPSA) is 95.5 Å². The van der Waals surface area contributed by atoms with Crippen LogP contribution in [0.1, 0.15) is 53.9 Å². The third-order valence-corrected chi connectivity index (χ3v) is 5.87. The normalized spacial score (nSPS) is 20.7. The van der Waals surface area contributed by atoms with Gasteiger partial charge in [0, 0.05) is 19.0 Å². The van der Waals surface area contributed by atoms with Gasteiger partial charge in [-0.1, -0.05) is 33.8 Å². The molecule has 1 aliphatic rings. The van der Waals surface area contributed by atoms with E-state index in [9.17, 15) is 19.1 Å². The number of rotatable bonds is 8. The Bertz CT molecular complexity index is 513. The molecule has 0 aromatic rings. The molecule has 27 heavy (non-hydrogen) atoms. The molecule has 0 fully saturated rings. The van der Waals surface area contributed by atoms with Crippen LogP contribution in [0.3, 0.4) is 0 Å². The summed E-state index contributed by atoms with van der Waals surface area (Å²) < 4.78 is 11.5. The fourth-order valence-electron chi connectivity index (χ4n) is 3.74. The van der Waals surface area contributed by atoms with Crippen molar-refractivity contribution in [2.45, 2.75) is 66.0 Å². The minimum absolute atomic E-state index is 0. The summed E-state index contributed by atoms with van der Waals surface area (Å²) in [6.07, 6.45) is 3.14. The second kappa shape index (κ2) is 15.4. The Labute approximate surface area is 214 Å². The summed E-state index contributed by atoms with van der Waals surface area (Å²) in [5.41, 5.74) is 0. The van der Waals surface area contributed by atoms with Crippen LogP contribution in [-0.2, 0) is 9.36 Å². The summed E-state index contributed by atoms with van der Waals surface area (Å²) in [7, 11) is -4.70. The van der Waals surface area contributed by atoms with Gasteiger partial charge in [0.1, 0.15) is 0 Å². The molecule has 3 atom stereocenters. The maximum Gasteiger partial charge on any atom is 1.00 e. The molecular formula is C17H32ClN2Na2O4P. The first-order valence-electron chi connectivity index (χ1n) is 8.82. The van der Waals surface area contributed by atoms with E-state index in [1.54, 1.807) is 6.08 Å². The Morgan fingerprint density at radius 2 is 1.81 bits per heavy atom. The van der Waals surface area contributed by atoms with Crippen LogP contribution in [0.2, 0.25) is 0 Å². The van der Waals surface area contributed by atoms with E-state index in [0.29, 0.717) is 12.3 Å². The number of allylic oxidation sites excluding steroid dienone is 1. The van der Waals surface area contributed by atoms with Crippen LogP contribution in [0.25, 0.3) is 0 Å². The maximum atomic E-state index is 11.6. The van der Waals surface area contributed by atoms with Gasteiger partial charge in [0.05, 0.1) is 0 Å². The molecule has 0 radical (unpaired) electrons. The van der Waals surface area contributed by atoms with Crippen molar-refractivity contribution in [3.8, 4) is 0 Å². The van der Waals surface area contributed by atoms with Crippen LogP contribution < -0.4 is 74.2 Å². The minimum atomic E-state index is -4.70. The molecule has 0 spiro atoms. The molecule has 1 amide bonds. The van der Waals surface area contributed by atoms with Crippen LogP contribution in [0.5, 0.6) is 0 Å². The second-order valence-corrected chi connectivity index (χ2v) is 8.59. The first kappa shape index (κ1) is 33.3. The predicted molar refractivity (Wildman–Crippen MR) is 99.4 cm³/mol. The zero-order chi connectivity index (χ0) is 18.5. The van der Waals surface area contributed by atoms with E-state index < -0.39 is 7.60 Å². The molecular weight excluding hydrogens is 409 g/mol. The average Bonchev–Trinajstić information content (AvgIpc) is 2.46. The number of hydrogen-bond donors (Lipinski definition) is 1. The van der Waals surface area contributed by atoms with Gasteiger partial charge in [-0.3, -0.25) is 4.79 Å². The van der Waals surface area contributed by atoms with E-state index in [0.717, 1.165) is 19.5 Å². The van der Waals surface area contributed by atoms with Crippen molar-refractivity contribution in [1.29, 1.82) is 0 Å². The molecule has 10 heteroatoms. The summed E-state index contributed by atoms with van der Waals surface area (Å²) in [6.45, 7) is 11.3. The zero-order valence-electron chi connectivity index (χ0n) is 17.9. The van der Waals surface area contributed by atoms with Gasteiger partial charge in [-0.05, 0) is 57.1 Å². The summed E-state index contributed by atoms with van der Waals surface area (Å²) in [5.74, 6) is 0.438. The van der Waals surface area contributed by atoms with Gasteiger partial charge in [-0.2, -0.15) is 0 Å². The number of nitrogens with zero attached hydrogens (tertiary/aromatic N) is 1. The van der Waals surface area contributed by atoms with E-state index in [1.165, 1.54) is 6.92 Å². The number of hydrogen-bond acceptors (Lipinski definition) is 5. The SMILES string of the molecule is CCN(CC)[C@@H]1CC(P(=O)([O-])[O-])=CC[C@@H]1[C@H](CC(C)C)NC(C)=O.Cl.[Na+].[Na+]. The minimum Gasteiger partial charge on any atom is -0.808 e. The first-order chi connectivity index (χ1) is 11.1. The van der Waals surface area contributed by atoms with E-state index in [1.807, 2.05) is 13.8 Å². The molecule has 1 rings (SSSR count). The number of carbonyl (C=O) groups excluding carboxylic acids is 1. The third-order valence-electron chi connectivity index (χ3n) is 4.80. The molecule has 6 nitrogen and oxygen atoms in total. The standard InChI is InChI=1S/C17H33N2O4P.ClH.2Na/c1-6-19(7-2)17-11-14(24(21,22)23)8-9-15(17)16(10-12(3)4)18-13(5)20;;;/h8,12,15-17H,6-7,9-11H2,1-5H3,(H,18,20)(H2,21,22,23);1H;;/q;;2*+1/p-2/t15-,16+,17-;;;/m1.../s1. The largest absolute Gasteiger partial charge is 1.00 e. The number of amides is 1. The molecule has 0 saturated heterocycles. The van der Waals surface area contributed by atoms with E-state index in [-0.39, 0.29) is 107 Å². The van der Waals surface area contributed by atoms with Crippen molar-refractivity contribution in [3.63, 3.8) is 0 Å². The fraction of sp³-hybridized carbons (Fsp3) is 0.824. The molecule has 148 valence electrons. The Morgan fingerprint density at radius 1 is 1.30 bits per heavy atom. The third kappa shape index (κ3) is 11.0. The van der Waals surface area contributed by atoms with Gasteiger partial charge in [-0.25, -0.2) is 0 Å².